The van der Waals surface area contributed by atoms with Crippen LogP contribution in [0.15, 0.2) is 42.6 Å². The summed E-state index contributed by atoms with van der Waals surface area (Å²) in [6.45, 7) is 32.1. The molecule has 3 aromatic rings. The Hall–Kier alpha value is -2.95. The zero-order valence-electron chi connectivity index (χ0n) is 32.9. The van der Waals surface area contributed by atoms with Crippen molar-refractivity contribution in [2.45, 2.75) is 153 Å². The number of aromatic nitrogens is 3. The minimum atomic E-state index is 0.147. The third-order valence-corrected chi connectivity index (χ3v) is 8.55. The largest absolute Gasteiger partial charge is 0.370 e. The molecule has 0 fully saturated rings. The normalized spacial score (nSPS) is 15.9. The van der Waals surface area contributed by atoms with Gasteiger partial charge >= 0.3 is 0 Å². The first kappa shape index (κ1) is 42.1. The van der Waals surface area contributed by atoms with Crippen LogP contribution in [-0.2, 0) is 31.1 Å². The molecule has 0 amide bonds. The molecule has 5 heteroatoms. The molecule has 1 aliphatic carbocycles. The zero-order valence-corrected chi connectivity index (χ0v) is 32.9. The Kier molecular flexibility index (Phi) is 18.9. The van der Waals surface area contributed by atoms with E-state index in [2.05, 4.69) is 94.2 Å². The van der Waals surface area contributed by atoms with Gasteiger partial charge in [-0.3, -0.25) is 4.98 Å². The second-order valence-corrected chi connectivity index (χ2v) is 14.3. The second-order valence-electron chi connectivity index (χ2n) is 14.3. The van der Waals surface area contributed by atoms with Crippen LogP contribution in [0.4, 0.5) is 11.6 Å². The lowest BCUT2D eigenvalue weighted by Crippen LogP contribution is -2.28. The van der Waals surface area contributed by atoms with E-state index in [1.54, 1.807) is 0 Å². The van der Waals surface area contributed by atoms with Crippen molar-refractivity contribution in [3.63, 3.8) is 0 Å². The molecule has 264 valence electrons. The summed E-state index contributed by atoms with van der Waals surface area (Å²) in [4.78, 5) is 13.8. The first-order valence-electron chi connectivity index (χ1n) is 18.8. The van der Waals surface area contributed by atoms with Crippen LogP contribution in [0.1, 0.15) is 156 Å². The summed E-state index contributed by atoms with van der Waals surface area (Å²) in [7, 11) is 0. The van der Waals surface area contributed by atoms with Crippen molar-refractivity contribution in [2.75, 3.05) is 23.7 Å². The van der Waals surface area contributed by atoms with Crippen molar-refractivity contribution < 1.29 is 0 Å². The molecular formula is C42H71N5. The van der Waals surface area contributed by atoms with Crippen molar-refractivity contribution in [1.29, 1.82) is 0 Å². The van der Waals surface area contributed by atoms with Crippen molar-refractivity contribution >= 4 is 11.6 Å². The van der Waals surface area contributed by atoms with Gasteiger partial charge in [-0.15, -0.1) is 0 Å². The van der Waals surface area contributed by atoms with E-state index in [4.69, 9.17) is 4.98 Å². The molecule has 3 aromatic heterocycles. The Labute approximate surface area is 290 Å². The van der Waals surface area contributed by atoms with E-state index in [1.165, 1.54) is 66.6 Å². The molecule has 5 nitrogen and oxygen atoms in total. The predicted molar refractivity (Wildman–Crippen MR) is 208 cm³/mol. The monoisotopic (exact) mass is 646 g/mol. The Morgan fingerprint density at radius 2 is 1.30 bits per heavy atom. The van der Waals surface area contributed by atoms with E-state index >= 15 is 0 Å². The highest BCUT2D eigenvalue weighted by atomic mass is 15.0. The minimum absolute atomic E-state index is 0.147. The lowest BCUT2D eigenvalue weighted by molar-refractivity contribution is 0.214. The molecule has 0 aromatic carbocycles. The number of pyridine rings is 3. The van der Waals surface area contributed by atoms with E-state index in [9.17, 15) is 0 Å². The zero-order chi connectivity index (χ0) is 35.6. The van der Waals surface area contributed by atoms with Crippen LogP contribution in [0, 0.1) is 11.3 Å². The van der Waals surface area contributed by atoms with Crippen LogP contribution in [-0.4, -0.2) is 28.0 Å². The third kappa shape index (κ3) is 13.6. The Morgan fingerprint density at radius 1 is 0.702 bits per heavy atom. The average Bonchev–Trinajstić information content (AvgIpc) is 3.09. The molecule has 0 spiro atoms. The van der Waals surface area contributed by atoms with Crippen molar-refractivity contribution in [3.8, 4) is 0 Å². The maximum absolute atomic E-state index is 4.91. The number of hydrogen-bond acceptors (Lipinski definition) is 5. The van der Waals surface area contributed by atoms with Gasteiger partial charge in [-0.25, -0.2) is 9.97 Å². The molecule has 6 rings (SSSR count). The molecular weight excluding hydrogens is 574 g/mol. The Morgan fingerprint density at radius 3 is 1.81 bits per heavy atom. The number of hydrogen-bond donors (Lipinski definition) is 2. The number of rotatable bonds is 1. The van der Waals surface area contributed by atoms with E-state index in [0.717, 1.165) is 42.8 Å². The summed E-state index contributed by atoms with van der Waals surface area (Å²) >= 11 is 0. The van der Waals surface area contributed by atoms with Gasteiger partial charge in [0.25, 0.3) is 0 Å². The summed E-state index contributed by atoms with van der Waals surface area (Å²) in [6.07, 6.45) is 10.4. The molecule has 0 saturated heterocycles. The van der Waals surface area contributed by atoms with Gasteiger partial charge in [0, 0.05) is 41.8 Å². The Balaban J connectivity index is 0.000000340. The lowest BCUT2D eigenvalue weighted by Gasteiger charge is -2.35. The fraction of sp³-hybridized carbons (Fsp3) is 0.643. The predicted octanol–water partition coefficient (Wildman–Crippen LogP) is 11.6. The maximum Gasteiger partial charge on any atom is 0.129 e. The summed E-state index contributed by atoms with van der Waals surface area (Å²) in [5, 5.41) is 6.82. The van der Waals surface area contributed by atoms with Gasteiger partial charge in [-0.05, 0) is 97.1 Å². The fourth-order valence-electron chi connectivity index (χ4n) is 5.73. The van der Waals surface area contributed by atoms with Crippen LogP contribution in [0.3, 0.4) is 0 Å². The van der Waals surface area contributed by atoms with Gasteiger partial charge in [0.05, 0.1) is 0 Å². The number of nitrogens with one attached hydrogen (secondary N) is 2. The average molecular weight is 646 g/mol. The number of aryl methyl sites for hydroxylation is 3. The first-order valence-corrected chi connectivity index (χ1v) is 18.8. The highest BCUT2D eigenvalue weighted by Crippen LogP contribution is 2.38. The van der Waals surface area contributed by atoms with Crippen LogP contribution < -0.4 is 10.6 Å². The SMILES string of the molecule is CC.CC.CC.CC(C)(C)C1CCc2cc3c(nc2C1)NCCC3.CC(C)(C)c1ccc2c(n1)NCCC2.CC(C)c1ccccn1. The van der Waals surface area contributed by atoms with Crippen LogP contribution in [0.5, 0.6) is 0 Å². The summed E-state index contributed by atoms with van der Waals surface area (Å²) in [5.41, 5.74) is 8.56. The molecule has 47 heavy (non-hydrogen) atoms. The van der Waals surface area contributed by atoms with Crippen LogP contribution in [0.2, 0.25) is 0 Å². The minimum Gasteiger partial charge on any atom is -0.370 e. The molecule has 2 aliphatic heterocycles. The number of nitrogens with zero attached hydrogens (tertiary/aromatic N) is 3. The number of fused-ring (bicyclic) bond motifs is 3. The smallest absolute Gasteiger partial charge is 0.129 e. The topological polar surface area (TPSA) is 62.7 Å². The molecule has 1 unspecified atom stereocenters. The van der Waals surface area contributed by atoms with Gasteiger partial charge < -0.3 is 10.6 Å². The van der Waals surface area contributed by atoms with Crippen LogP contribution in [0.25, 0.3) is 0 Å². The molecule has 3 aliphatic rings. The lowest BCUT2D eigenvalue weighted by atomic mass is 9.71. The van der Waals surface area contributed by atoms with E-state index in [1.807, 2.05) is 65.9 Å². The Bertz CT molecular complexity index is 1270. The van der Waals surface area contributed by atoms with Crippen molar-refractivity contribution in [3.05, 3.63) is 76.4 Å². The third-order valence-electron chi connectivity index (χ3n) is 8.55. The fourth-order valence-corrected chi connectivity index (χ4v) is 5.73. The molecule has 5 heterocycles. The number of anilines is 2. The molecule has 0 bridgehead atoms. The van der Waals surface area contributed by atoms with Gasteiger partial charge in [-0.2, -0.15) is 0 Å². The summed E-state index contributed by atoms with van der Waals surface area (Å²) < 4.78 is 0. The second kappa shape index (κ2) is 21.1. The standard InChI is InChI=1S/C16H24N2.C12H18N2.C8H11N.3C2H6/c1-16(2,3)13-7-6-11-9-12-5-4-8-17-15(12)18-14(11)10-13;1-12(2,3)10-7-6-9-5-4-8-13-11(9)14-10;1-7(2)8-5-3-4-6-9-8;3*1-2/h9,13H,4-8,10H2,1-3H3,(H,17,18);6-7H,4-5,8H2,1-3H3,(H,13,14);3-7H,1-2H3;3*1-2H3. The summed E-state index contributed by atoms with van der Waals surface area (Å²) in [6, 6.07) is 12.8. The van der Waals surface area contributed by atoms with Gasteiger partial charge in [0.15, 0.2) is 0 Å². The highest BCUT2D eigenvalue weighted by molar-refractivity contribution is 5.50. The molecule has 1 atom stereocenters. The quantitative estimate of drug-likeness (QED) is 0.276. The molecule has 0 saturated carbocycles. The van der Waals surface area contributed by atoms with Crippen molar-refractivity contribution in [2.24, 2.45) is 11.3 Å². The van der Waals surface area contributed by atoms with E-state index in [0.29, 0.717) is 11.3 Å². The van der Waals surface area contributed by atoms with Gasteiger partial charge in [0.1, 0.15) is 11.6 Å². The maximum atomic E-state index is 4.91. The van der Waals surface area contributed by atoms with Crippen LogP contribution >= 0.6 is 0 Å². The van der Waals surface area contributed by atoms with Crippen molar-refractivity contribution in [1.82, 2.24) is 15.0 Å². The first-order chi connectivity index (χ1) is 22.4. The molecule has 0 radical (unpaired) electrons. The van der Waals surface area contributed by atoms with E-state index < -0.39 is 0 Å². The van der Waals surface area contributed by atoms with Gasteiger partial charge in [-0.1, -0.05) is 115 Å². The summed E-state index contributed by atoms with van der Waals surface area (Å²) in [5.74, 6) is 3.59. The highest BCUT2D eigenvalue weighted by Gasteiger charge is 2.30. The van der Waals surface area contributed by atoms with E-state index in [-0.39, 0.29) is 5.41 Å². The van der Waals surface area contributed by atoms with Gasteiger partial charge in [0.2, 0.25) is 0 Å². The molecule has 2 N–H and O–H groups in total.